The molecule has 2 aromatic carbocycles. The third kappa shape index (κ3) is 3.15. The molecule has 126 valence electrons. The van der Waals surface area contributed by atoms with Gasteiger partial charge in [0.15, 0.2) is 0 Å². The second-order valence-corrected chi connectivity index (χ2v) is 6.33. The number of aromatic amines is 1. The molecule has 0 bridgehead atoms. The Hall–Kier alpha value is -2.33. The topological polar surface area (TPSA) is 45.0 Å². The van der Waals surface area contributed by atoms with Gasteiger partial charge in [-0.25, -0.2) is 4.39 Å². The monoisotopic (exact) mass is 325 g/mol. The molecule has 24 heavy (non-hydrogen) atoms. The number of nitrogens with zero attached hydrogens (tertiary/aromatic N) is 1. The van der Waals surface area contributed by atoms with Crippen LogP contribution in [0.1, 0.15) is 18.4 Å². The molecule has 0 spiro atoms. The number of nitrogens with one attached hydrogen (secondary N) is 1. The van der Waals surface area contributed by atoms with E-state index in [9.17, 15) is 4.39 Å². The minimum Gasteiger partial charge on any atom is -0.378 e. The molecular formula is C20H24FN3. The molecule has 1 aromatic heterocycles. The summed E-state index contributed by atoms with van der Waals surface area (Å²) in [6.45, 7) is 0.684. The van der Waals surface area contributed by atoms with Crippen LogP contribution in [0, 0.1) is 5.82 Å². The lowest BCUT2D eigenvalue weighted by Crippen LogP contribution is -2.07. The zero-order valence-electron chi connectivity index (χ0n) is 14.3. The zero-order valence-corrected chi connectivity index (χ0v) is 14.3. The van der Waals surface area contributed by atoms with E-state index in [4.69, 9.17) is 5.73 Å². The summed E-state index contributed by atoms with van der Waals surface area (Å²) in [6.07, 6.45) is 2.87. The van der Waals surface area contributed by atoms with E-state index in [-0.39, 0.29) is 5.82 Å². The van der Waals surface area contributed by atoms with E-state index in [2.05, 4.69) is 34.1 Å². The maximum absolute atomic E-state index is 14.2. The van der Waals surface area contributed by atoms with Crippen LogP contribution in [0.25, 0.3) is 22.2 Å². The second kappa shape index (κ2) is 7.05. The van der Waals surface area contributed by atoms with E-state index in [1.54, 1.807) is 6.07 Å². The van der Waals surface area contributed by atoms with Crippen molar-refractivity contribution in [1.82, 2.24) is 4.98 Å². The third-order valence-corrected chi connectivity index (χ3v) is 4.44. The maximum atomic E-state index is 14.2. The molecule has 3 N–H and O–H groups in total. The molecule has 0 saturated carbocycles. The molecule has 0 radical (unpaired) electrons. The number of rotatable bonds is 6. The van der Waals surface area contributed by atoms with Crippen LogP contribution in [0.15, 0.2) is 42.5 Å². The Morgan fingerprint density at radius 3 is 2.46 bits per heavy atom. The van der Waals surface area contributed by atoms with Crippen molar-refractivity contribution in [3.8, 4) is 11.3 Å². The summed E-state index contributed by atoms with van der Waals surface area (Å²) in [5.41, 5.74) is 10.6. The van der Waals surface area contributed by atoms with Crippen molar-refractivity contribution in [1.29, 1.82) is 0 Å². The number of aryl methyl sites for hydroxylation is 1. The van der Waals surface area contributed by atoms with Crippen LogP contribution in [-0.4, -0.2) is 25.6 Å². The molecule has 1 heterocycles. The van der Waals surface area contributed by atoms with Gasteiger partial charge < -0.3 is 15.6 Å². The highest BCUT2D eigenvalue weighted by atomic mass is 19.1. The van der Waals surface area contributed by atoms with E-state index in [0.717, 1.165) is 41.6 Å². The highest BCUT2D eigenvalue weighted by Gasteiger charge is 2.15. The number of para-hydroxylation sites is 1. The Kier molecular flexibility index (Phi) is 4.86. The Labute approximate surface area is 142 Å². The molecule has 0 aliphatic rings. The highest BCUT2D eigenvalue weighted by molar-refractivity contribution is 5.91. The first-order chi connectivity index (χ1) is 11.6. The fraction of sp³-hybridized carbons (Fsp3) is 0.300. The van der Waals surface area contributed by atoms with Crippen LogP contribution in [0.3, 0.4) is 0 Å². The van der Waals surface area contributed by atoms with Gasteiger partial charge in [0.2, 0.25) is 0 Å². The average molecular weight is 325 g/mol. The van der Waals surface area contributed by atoms with Gasteiger partial charge in [-0.05, 0) is 55.1 Å². The fourth-order valence-corrected chi connectivity index (χ4v) is 3.12. The number of fused-ring (bicyclic) bond motifs is 1. The normalized spacial score (nSPS) is 11.2. The van der Waals surface area contributed by atoms with Crippen molar-refractivity contribution in [2.75, 3.05) is 25.5 Å². The lowest BCUT2D eigenvalue weighted by Gasteiger charge is -2.13. The number of H-pyrrole nitrogens is 1. The van der Waals surface area contributed by atoms with Gasteiger partial charge in [0.25, 0.3) is 0 Å². The number of nitrogens with two attached hydrogens (primary N) is 1. The molecule has 0 unspecified atom stereocenters. The Balaban J connectivity index is 2.08. The van der Waals surface area contributed by atoms with E-state index in [0.29, 0.717) is 12.1 Å². The lowest BCUT2D eigenvalue weighted by molar-refractivity contribution is 0.637. The van der Waals surface area contributed by atoms with Gasteiger partial charge in [0.05, 0.1) is 5.52 Å². The van der Waals surface area contributed by atoms with Crippen LogP contribution in [0.4, 0.5) is 10.1 Å². The van der Waals surface area contributed by atoms with E-state index >= 15 is 0 Å². The van der Waals surface area contributed by atoms with Crippen molar-refractivity contribution in [2.45, 2.75) is 19.3 Å². The number of unbranched alkanes of at least 4 members (excludes halogenated alkanes) is 1. The molecule has 3 rings (SSSR count). The predicted octanol–water partition coefficient (Wildman–Crippen LogP) is 4.32. The van der Waals surface area contributed by atoms with Crippen molar-refractivity contribution in [3.05, 3.63) is 53.8 Å². The number of benzene rings is 2. The van der Waals surface area contributed by atoms with Crippen LogP contribution < -0.4 is 10.6 Å². The number of hydrogen-bond acceptors (Lipinski definition) is 2. The van der Waals surface area contributed by atoms with Crippen molar-refractivity contribution in [3.63, 3.8) is 0 Å². The zero-order chi connectivity index (χ0) is 17.1. The van der Waals surface area contributed by atoms with Gasteiger partial charge in [0, 0.05) is 30.9 Å². The summed E-state index contributed by atoms with van der Waals surface area (Å²) in [5.74, 6) is -0.205. The van der Waals surface area contributed by atoms with Crippen molar-refractivity contribution >= 4 is 16.6 Å². The van der Waals surface area contributed by atoms with Crippen molar-refractivity contribution < 1.29 is 4.39 Å². The Bertz CT molecular complexity index is 819. The van der Waals surface area contributed by atoms with E-state index in [1.807, 2.05) is 20.2 Å². The van der Waals surface area contributed by atoms with Gasteiger partial charge in [-0.2, -0.15) is 0 Å². The van der Waals surface area contributed by atoms with Gasteiger partial charge in [-0.15, -0.1) is 0 Å². The molecule has 3 nitrogen and oxygen atoms in total. The van der Waals surface area contributed by atoms with Gasteiger partial charge >= 0.3 is 0 Å². The third-order valence-electron chi connectivity index (χ3n) is 4.44. The van der Waals surface area contributed by atoms with Gasteiger partial charge in [0.1, 0.15) is 5.82 Å². The van der Waals surface area contributed by atoms with Gasteiger partial charge in [-0.1, -0.05) is 24.3 Å². The quantitative estimate of drug-likeness (QED) is 0.663. The Morgan fingerprint density at radius 1 is 1.04 bits per heavy atom. The number of halogens is 1. The fourth-order valence-electron chi connectivity index (χ4n) is 3.12. The minimum atomic E-state index is -0.205. The molecule has 4 heteroatoms. The van der Waals surface area contributed by atoms with Crippen LogP contribution >= 0.6 is 0 Å². The van der Waals surface area contributed by atoms with Crippen LogP contribution in [-0.2, 0) is 6.42 Å². The van der Waals surface area contributed by atoms with E-state index in [1.165, 1.54) is 11.6 Å². The maximum Gasteiger partial charge on any atom is 0.147 e. The molecule has 0 fully saturated rings. The number of anilines is 1. The standard InChI is InChI=1S/C20H24FN3/c1-24(2)15-11-9-14(10-12-15)19-16(6-3-4-13-22)17-7-5-8-18(21)20(17)23-19/h5,7-12,23H,3-4,6,13,22H2,1-2H3. The SMILES string of the molecule is CN(C)c1ccc(-c2[nH]c3c(F)cccc3c2CCCCN)cc1. The van der Waals surface area contributed by atoms with Crippen molar-refractivity contribution in [2.24, 2.45) is 5.73 Å². The number of hydrogen-bond donors (Lipinski definition) is 2. The molecular weight excluding hydrogens is 301 g/mol. The first-order valence-corrected chi connectivity index (χ1v) is 8.38. The predicted molar refractivity (Wildman–Crippen MR) is 100 cm³/mol. The summed E-state index contributed by atoms with van der Waals surface area (Å²) in [4.78, 5) is 5.37. The summed E-state index contributed by atoms with van der Waals surface area (Å²) in [5, 5.41) is 0.971. The molecule has 0 aliphatic carbocycles. The summed E-state index contributed by atoms with van der Waals surface area (Å²) in [6, 6.07) is 13.6. The van der Waals surface area contributed by atoms with E-state index < -0.39 is 0 Å². The van der Waals surface area contributed by atoms with Gasteiger partial charge in [-0.3, -0.25) is 0 Å². The Morgan fingerprint density at radius 2 is 1.79 bits per heavy atom. The van der Waals surface area contributed by atoms with Crippen LogP contribution in [0.2, 0.25) is 0 Å². The smallest absolute Gasteiger partial charge is 0.147 e. The largest absolute Gasteiger partial charge is 0.378 e. The summed E-state index contributed by atoms with van der Waals surface area (Å²) < 4.78 is 14.2. The average Bonchev–Trinajstić information content (AvgIpc) is 2.95. The molecule has 0 saturated heterocycles. The minimum absolute atomic E-state index is 0.205. The summed E-state index contributed by atoms with van der Waals surface area (Å²) >= 11 is 0. The first kappa shape index (κ1) is 16.5. The second-order valence-electron chi connectivity index (χ2n) is 6.33. The van der Waals surface area contributed by atoms with Crippen LogP contribution in [0.5, 0.6) is 0 Å². The molecule has 0 atom stereocenters. The molecule has 0 amide bonds. The number of aromatic nitrogens is 1. The lowest BCUT2D eigenvalue weighted by atomic mass is 10.00. The highest BCUT2D eigenvalue weighted by Crippen LogP contribution is 2.33. The summed E-state index contributed by atoms with van der Waals surface area (Å²) in [7, 11) is 4.04. The molecule has 0 aliphatic heterocycles. The molecule has 3 aromatic rings. The first-order valence-electron chi connectivity index (χ1n) is 8.38.